The van der Waals surface area contributed by atoms with Gasteiger partial charge in [-0.2, -0.15) is 0 Å². The Bertz CT molecular complexity index is 172. The Hall–Kier alpha value is 0.0300. The van der Waals surface area contributed by atoms with Gasteiger partial charge in [-0.1, -0.05) is 6.92 Å². The molecule has 1 heterocycles. The zero-order chi connectivity index (χ0) is 9.68. The molecule has 1 fully saturated rings. The van der Waals surface area contributed by atoms with Gasteiger partial charge in [0.05, 0.1) is 0 Å². The summed E-state index contributed by atoms with van der Waals surface area (Å²) in [6, 6.07) is 0. The van der Waals surface area contributed by atoms with E-state index in [0.717, 1.165) is 13.1 Å². The van der Waals surface area contributed by atoms with E-state index in [9.17, 15) is 4.21 Å². The molecule has 0 amide bonds. The van der Waals surface area contributed by atoms with Gasteiger partial charge in [0.1, 0.15) is 0 Å². The fourth-order valence-corrected chi connectivity index (χ4v) is 2.19. The molecule has 0 spiro atoms. The molecule has 1 aliphatic rings. The lowest BCUT2D eigenvalue weighted by atomic mass is 9.86. The first-order valence-electron chi connectivity index (χ1n) is 4.75. The molecular formula is C8H18N2O2S. The Morgan fingerprint density at radius 3 is 2.77 bits per heavy atom. The summed E-state index contributed by atoms with van der Waals surface area (Å²) in [6.07, 6.45) is 2.36. The Morgan fingerprint density at radius 2 is 2.23 bits per heavy atom. The van der Waals surface area contributed by atoms with Crippen molar-refractivity contribution >= 4 is 11.3 Å². The summed E-state index contributed by atoms with van der Waals surface area (Å²) in [5, 5.41) is 3.30. The minimum Gasteiger partial charge on any atom is -0.317 e. The summed E-state index contributed by atoms with van der Waals surface area (Å²) >= 11 is -1.86. The molecule has 2 unspecified atom stereocenters. The average molecular weight is 206 g/mol. The van der Waals surface area contributed by atoms with Crippen molar-refractivity contribution in [2.75, 3.05) is 19.6 Å². The Kier molecular flexibility index (Phi) is 4.87. The first kappa shape index (κ1) is 11.1. The zero-order valence-electron chi connectivity index (χ0n) is 7.95. The molecule has 5 heteroatoms. The van der Waals surface area contributed by atoms with Crippen molar-refractivity contribution in [3.05, 3.63) is 0 Å². The van der Waals surface area contributed by atoms with E-state index in [0.29, 0.717) is 18.4 Å². The van der Waals surface area contributed by atoms with E-state index in [1.165, 1.54) is 12.8 Å². The number of piperidine rings is 1. The molecule has 1 aliphatic heterocycles. The summed E-state index contributed by atoms with van der Waals surface area (Å²) in [6.45, 7) is 4.93. The molecular weight excluding hydrogens is 188 g/mol. The van der Waals surface area contributed by atoms with E-state index in [-0.39, 0.29) is 0 Å². The van der Waals surface area contributed by atoms with Gasteiger partial charge in [0.25, 0.3) is 0 Å². The van der Waals surface area contributed by atoms with Crippen molar-refractivity contribution in [1.29, 1.82) is 0 Å². The highest BCUT2D eigenvalue weighted by molar-refractivity contribution is 7.77. The van der Waals surface area contributed by atoms with Gasteiger partial charge in [0, 0.05) is 6.54 Å². The topological polar surface area (TPSA) is 61.4 Å². The summed E-state index contributed by atoms with van der Waals surface area (Å²) in [5.41, 5.74) is 0. The van der Waals surface area contributed by atoms with Gasteiger partial charge >= 0.3 is 0 Å². The molecule has 2 atom stereocenters. The third kappa shape index (κ3) is 4.17. The molecule has 0 bridgehead atoms. The van der Waals surface area contributed by atoms with Gasteiger partial charge in [0.15, 0.2) is 0 Å². The Morgan fingerprint density at radius 1 is 1.62 bits per heavy atom. The van der Waals surface area contributed by atoms with Crippen molar-refractivity contribution in [1.82, 2.24) is 10.0 Å². The molecule has 78 valence electrons. The molecule has 3 N–H and O–H groups in total. The molecule has 0 aliphatic carbocycles. The van der Waals surface area contributed by atoms with E-state index in [4.69, 9.17) is 4.55 Å². The van der Waals surface area contributed by atoms with Gasteiger partial charge in [0.2, 0.25) is 11.3 Å². The molecule has 1 saturated heterocycles. The first-order chi connectivity index (χ1) is 6.20. The smallest absolute Gasteiger partial charge is 0.231 e. The van der Waals surface area contributed by atoms with Gasteiger partial charge in [-0.25, -0.2) is 8.93 Å². The summed E-state index contributed by atoms with van der Waals surface area (Å²) in [5.74, 6) is 1.18. The normalized spacial score (nSPS) is 24.2. The molecule has 0 saturated carbocycles. The minimum absolute atomic E-state index is 0.484. The molecule has 0 aromatic carbocycles. The highest BCUT2D eigenvalue weighted by Gasteiger charge is 2.19. The van der Waals surface area contributed by atoms with Crippen molar-refractivity contribution in [3.63, 3.8) is 0 Å². The standard InChI is InChI=1S/C8H18N2O2S/c1-7(6-10-13(11)12)8-2-4-9-5-3-8/h7-10H,2-6H2,1H3,(H,11,12). The molecule has 13 heavy (non-hydrogen) atoms. The molecule has 0 aromatic heterocycles. The van der Waals surface area contributed by atoms with Crippen LogP contribution in [0.25, 0.3) is 0 Å². The summed E-state index contributed by atoms with van der Waals surface area (Å²) in [7, 11) is 0. The second-order valence-corrected chi connectivity index (χ2v) is 4.45. The molecule has 0 radical (unpaired) electrons. The van der Waals surface area contributed by atoms with Crippen LogP contribution in [0.5, 0.6) is 0 Å². The highest BCUT2D eigenvalue weighted by Crippen LogP contribution is 2.20. The lowest BCUT2D eigenvalue weighted by Crippen LogP contribution is -2.35. The van der Waals surface area contributed by atoms with E-state index in [1.54, 1.807) is 0 Å². The predicted octanol–water partition coefficient (Wildman–Crippen LogP) is 0.348. The van der Waals surface area contributed by atoms with Crippen LogP contribution < -0.4 is 10.0 Å². The molecule has 0 aromatic rings. The lowest BCUT2D eigenvalue weighted by molar-refractivity contribution is 0.275. The van der Waals surface area contributed by atoms with E-state index in [1.807, 2.05) is 0 Å². The number of hydrogen-bond donors (Lipinski definition) is 3. The van der Waals surface area contributed by atoms with E-state index >= 15 is 0 Å². The van der Waals surface area contributed by atoms with Crippen LogP contribution in [-0.4, -0.2) is 28.4 Å². The monoisotopic (exact) mass is 206 g/mol. The fraction of sp³-hybridized carbons (Fsp3) is 1.00. The van der Waals surface area contributed by atoms with Gasteiger partial charge in [-0.3, -0.25) is 4.55 Å². The van der Waals surface area contributed by atoms with Gasteiger partial charge in [-0.05, 0) is 37.8 Å². The molecule has 1 rings (SSSR count). The van der Waals surface area contributed by atoms with Crippen LogP contribution in [0.1, 0.15) is 19.8 Å². The zero-order valence-corrected chi connectivity index (χ0v) is 8.77. The van der Waals surface area contributed by atoms with Crippen LogP contribution in [-0.2, 0) is 11.3 Å². The third-order valence-corrected chi connectivity index (χ3v) is 3.13. The van der Waals surface area contributed by atoms with Crippen LogP contribution in [0.4, 0.5) is 0 Å². The van der Waals surface area contributed by atoms with Crippen molar-refractivity contribution in [2.24, 2.45) is 11.8 Å². The quantitative estimate of drug-likeness (QED) is 0.582. The van der Waals surface area contributed by atoms with Crippen LogP contribution in [0, 0.1) is 11.8 Å². The lowest BCUT2D eigenvalue weighted by Gasteiger charge is -2.27. The maximum atomic E-state index is 10.4. The number of nitrogens with one attached hydrogen (secondary N) is 2. The SMILES string of the molecule is CC(CNS(=O)O)C1CCNCC1. The number of hydrogen-bond acceptors (Lipinski definition) is 2. The maximum absolute atomic E-state index is 10.4. The highest BCUT2D eigenvalue weighted by atomic mass is 32.2. The fourth-order valence-electron chi connectivity index (χ4n) is 1.78. The summed E-state index contributed by atoms with van der Waals surface area (Å²) in [4.78, 5) is 0. The second-order valence-electron chi connectivity index (χ2n) is 3.66. The third-order valence-electron chi connectivity index (χ3n) is 2.72. The van der Waals surface area contributed by atoms with Crippen LogP contribution in [0.2, 0.25) is 0 Å². The largest absolute Gasteiger partial charge is 0.317 e. The average Bonchev–Trinajstić information content (AvgIpc) is 2.15. The Balaban J connectivity index is 2.20. The molecule has 4 nitrogen and oxygen atoms in total. The van der Waals surface area contributed by atoms with E-state index < -0.39 is 11.3 Å². The minimum atomic E-state index is -1.86. The second kappa shape index (κ2) is 5.70. The van der Waals surface area contributed by atoms with Gasteiger partial charge < -0.3 is 5.32 Å². The van der Waals surface area contributed by atoms with Crippen LogP contribution >= 0.6 is 0 Å². The van der Waals surface area contributed by atoms with Crippen LogP contribution in [0.3, 0.4) is 0 Å². The summed E-state index contributed by atoms with van der Waals surface area (Å²) < 4.78 is 21.5. The Labute approximate surface area is 81.9 Å². The van der Waals surface area contributed by atoms with Gasteiger partial charge in [-0.15, -0.1) is 0 Å². The van der Waals surface area contributed by atoms with Crippen molar-refractivity contribution in [3.8, 4) is 0 Å². The first-order valence-corrected chi connectivity index (χ1v) is 5.86. The van der Waals surface area contributed by atoms with E-state index in [2.05, 4.69) is 17.0 Å². The maximum Gasteiger partial charge on any atom is 0.231 e. The predicted molar refractivity (Wildman–Crippen MR) is 53.5 cm³/mol. The van der Waals surface area contributed by atoms with Crippen molar-refractivity contribution in [2.45, 2.75) is 19.8 Å². The van der Waals surface area contributed by atoms with Crippen LogP contribution in [0.15, 0.2) is 0 Å². The van der Waals surface area contributed by atoms with Crippen molar-refractivity contribution < 1.29 is 8.76 Å². The number of rotatable bonds is 4.